The average molecular weight is 442 g/mol. The van der Waals surface area contributed by atoms with E-state index in [4.69, 9.17) is 9.47 Å². The first kappa shape index (κ1) is 22.8. The fourth-order valence-electron chi connectivity index (χ4n) is 4.39. The van der Waals surface area contributed by atoms with Crippen LogP contribution >= 0.6 is 0 Å². The Morgan fingerprint density at radius 3 is 2.38 bits per heavy atom. The molecule has 4 rings (SSSR count). The molecule has 4 N–H and O–H groups in total. The van der Waals surface area contributed by atoms with Gasteiger partial charge in [0.15, 0.2) is 6.23 Å². The lowest BCUT2D eigenvalue weighted by atomic mass is 9.98. The minimum Gasteiger partial charge on any atom is -0.491 e. The third kappa shape index (κ3) is 4.27. The molecule has 0 radical (unpaired) electrons. The summed E-state index contributed by atoms with van der Waals surface area (Å²) in [6.07, 6.45) is -3.37. The van der Waals surface area contributed by atoms with Crippen LogP contribution < -0.4 is 4.74 Å². The van der Waals surface area contributed by atoms with Gasteiger partial charge >= 0.3 is 0 Å². The first-order valence-corrected chi connectivity index (χ1v) is 10.9. The van der Waals surface area contributed by atoms with Crippen molar-refractivity contribution in [2.75, 3.05) is 6.61 Å². The maximum Gasteiger partial charge on any atom is 0.163 e. The van der Waals surface area contributed by atoms with Crippen LogP contribution in [0, 0.1) is 6.92 Å². The maximum absolute atomic E-state index is 10.7. The van der Waals surface area contributed by atoms with Crippen LogP contribution in [0.1, 0.15) is 36.8 Å². The summed E-state index contributed by atoms with van der Waals surface area (Å²) in [7, 11) is 0. The predicted octanol–water partition coefficient (Wildman–Crippen LogP) is 2.30. The van der Waals surface area contributed by atoms with E-state index in [0.717, 1.165) is 33.3 Å². The first-order chi connectivity index (χ1) is 15.3. The van der Waals surface area contributed by atoms with Gasteiger partial charge in [0.05, 0.1) is 18.2 Å². The molecule has 5 atom stereocenters. The van der Waals surface area contributed by atoms with Crippen molar-refractivity contribution in [3.05, 3.63) is 65.4 Å². The van der Waals surface area contributed by atoms with Crippen LogP contribution in [0.5, 0.6) is 5.75 Å². The number of aliphatic hydroxyl groups is 4. The number of aryl methyl sites for hydroxylation is 1. The molecule has 2 aromatic carbocycles. The van der Waals surface area contributed by atoms with Crippen molar-refractivity contribution in [1.82, 2.24) is 4.57 Å². The second-order valence-electron chi connectivity index (χ2n) is 8.74. The Bertz CT molecular complexity index is 1060. The smallest absolute Gasteiger partial charge is 0.163 e. The summed E-state index contributed by atoms with van der Waals surface area (Å²) in [5, 5.41) is 41.7. The molecule has 1 aliphatic heterocycles. The highest BCUT2D eigenvalue weighted by atomic mass is 16.6. The van der Waals surface area contributed by atoms with Gasteiger partial charge < -0.3 is 34.5 Å². The molecule has 7 heteroatoms. The van der Waals surface area contributed by atoms with Gasteiger partial charge in [-0.1, -0.05) is 30.3 Å². The van der Waals surface area contributed by atoms with Gasteiger partial charge in [-0.3, -0.25) is 0 Å². The van der Waals surface area contributed by atoms with Gasteiger partial charge in [0.25, 0.3) is 0 Å². The van der Waals surface area contributed by atoms with E-state index in [-0.39, 0.29) is 6.10 Å². The first-order valence-electron chi connectivity index (χ1n) is 10.9. The predicted molar refractivity (Wildman–Crippen MR) is 121 cm³/mol. The van der Waals surface area contributed by atoms with Crippen molar-refractivity contribution in [3.63, 3.8) is 0 Å². The topological polar surface area (TPSA) is 104 Å². The number of hydrogen-bond acceptors (Lipinski definition) is 6. The lowest BCUT2D eigenvalue weighted by molar-refractivity contribution is -0.250. The van der Waals surface area contributed by atoms with Crippen molar-refractivity contribution >= 4 is 10.9 Å². The SMILES string of the molecule is Cc1cccc2c(Cc3ccc(OC(C)C)cc3)cn([C@@H]3O[C@H](CO)[C@@H](O)[C@H](O)[C@H]3O)c12. The molecule has 1 saturated heterocycles. The Morgan fingerprint density at radius 2 is 1.72 bits per heavy atom. The van der Waals surface area contributed by atoms with Crippen LogP contribution in [0.3, 0.4) is 0 Å². The van der Waals surface area contributed by atoms with E-state index in [9.17, 15) is 20.4 Å². The van der Waals surface area contributed by atoms with E-state index < -0.39 is 37.3 Å². The lowest BCUT2D eigenvalue weighted by Crippen LogP contribution is -2.56. The highest BCUT2D eigenvalue weighted by molar-refractivity contribution is 5.87. The van der Waals surface area contributed by atoms with Crippen LogP contribution in [0.15, 0.2) is 48.7 Å². The maximum atomic E-state index is 10.7. The largest absolute Gasteiger partial charge is 0.491 e. The Morgan fingerprint density at radius 1 is 1.00 bits per heavy atom. The number of nitrogens with zero attached hydrogens (tertiary/aromatic N) is 1. The molecule has 1 fully saturated rings. The number of hydrogen-bond donors (Lipinski definition) is 4. The molecular weight excluding hydrogens is 410 g/mol. The summed E-state index contributed by atoms with van der Waals surface area (Å²) in [4.78, 5) is 0. The molecular formula is C25H31NO6. The number of aliphatic hydroxyl groups excluding tert-OH is 4. The van der Waals surface area contributed by atoms with Crippen molar-refractivity contribution in [2.24, 2.45) is 0 Å². The zero-order chi connectivity index (χ0) is 23.0. The van der Waals surface area contributed by atoms with Crippen LogP contribution in [0.4, 0.5) is 0 Å². The molecule has 3 aromatic rings. The highest BCUT2D eigenvalue weighted by Crippen LogP contribution is 2.35. The molecule has 0 unspecified atom stereocenters. The van der Waals surface area contributed by atoms with Gasteiger partial charge in [-0.05, 0) is 56.0 Å². The minimum atomic E-state index is -1.43. The number of aromatic nitrogens is 1. The molecule has 7 nitrogen and oxygen atoms in total. The Hall–Kier alpha value is -2.42. The summed E-state index contributed by atoms with van der Waals surface area (Å²) < 4.78 is 13.4. The summed E-state index contributed by atoms with van der Waals surface area (Å²) in [5.74, 6) is 0.823. The number of para-hydroxylation sites is 1. The van der Waals surface area contributed by atoms with E-state index in [1.807, 2.05) is 69.4 Å². The molecule has 1 aliphatic rings. The fourth-order valence-corrected chi connectivity index (χ4v) is 4.39. The third-order valence-corrected chi connectivity index (χ3v) is 5.97. The van der Waals surface area contributed by atoms with Gasteiger partial charge in [0.1, 0.15) is 30.2 Å². The van der Waals surface area contributed by atoms with E-state index in [1.54, 1.807) is 4.57 Å². The van der Waals surface area contributed by atoms with Crippen LogP contribution in [0.2, 0.25) is 0 Å². The zero-order valence-corrected chi connectivity index (χ0v) is 18.5. The minimum absolute atomic E-state index is 0.111. The Labute approximate surface area is 187 Å². The number of benzene rings is 2. The lowest BCUT2D eigenvalue weighted by Gasteiger charge is -2.40. The number of ether oxygens (including phenoxy) is 2. The fraction of sp³-hybridized carbons (Fsp3) is 0.440. The quantitative estimate of drug-likeness (QED) is 0.468. The average Bonchev–Trinajstić information content (AvgIpc) is 3.13. The van der Waals surface area contributed by atoms with Crippen molar-refractivity contribution < 1.29 is 29.9 Å². The summed E-state index contributed by atoms with van der Waals surface area (Å²) >= 11 is 0. The third-order valence-electron chi connectivity index (χ3n) is 5.97. The van der Waals surface area contributed by atoms with Gasteiger partial charge in [-0.15, -0.1) is 0 Å². The highest BCUT2D eigenvalue weighted by Gasteiger charge is 2.44. The standard InChI is InChI=1S/C25H31NO6/c1-14(2)31-18-9-7-16(8-10-18)11-17-12-26(21-15(3)5-4-6-19(17)21)25-24(30)23(29)22(28)20(13-27)32-25/h4-10,12,14,20,22-25,27-30H,11,13H2,1-3H3/t20-,22-,23+,24-,25-/m1/s1. The second kappa shape index (κ2) is 9.21. The number of rotatable bonds is 6. The van der Waals surface area contributed by atoms with Gasteiger partial charge in [-0.25, -0.2) is 0 Å². The van der Waals surface area contributed by atoms with E-state index in [1.165, 1.54) is 0 Å². The van der Waals surface area contributed by atoms with Gasteiger partial charge in [-0.2, -0.15) is 0 Å². The van der Waals surface area contributed by atoms with Crippen molar-refractivity contribution in [1.29, 1.82) is 0 Å². The molecule has 1 aromatic heterocycles. The van der Waals surface area contributed by atoms with Crippen LogP contribution in [-0.4, -0.2) is 62.1 Å². The van der Waals surface area contributed by atoms with Crippen LogP contribution in [-0.2, 0) is 11.2 Å². The second-order valence-corrected chi connectivity index (χ2v) is 8.74. The van der Waals surface area contributed by atoms with Crippen molar-refractivity contribution in [2.45, 2.75) is 63.9 Å². The molecule has 2 heterocycles. The van der Waals surface area contributed by atoms with Gasteiger partial charge in [0.2, 0.25) is 0 Å². The monoisotopic (exact) mass is 441 g/mol. The molecule has 32 heavy (non-hydrogen) atoms. The van der Waals surface area contributed by atoms with Crippen LogP contribution in [0.25, 0.3) is 10.9 Å². The Kier molecular flexibility index (Phi) is 6.55. The zero-order valence-electron chi connectivity index (χ0n) is 18.5. The Balaban J connectivity index is 1.71. The van der Waals surface area contributed by atoms with Crippen molar-refractivity contribution in [3.8, 4) is 5.75 Å². The molecule has 0 spiro atoms. The summed E-state index contributed by atoms with van der Waals surface area (Å²) in [6, 6.07) is 14.0. The molecule has 0 saturated carbocycles. The molecule has 0 bridgehead atoms. The number of fused-ring (bicyclic) bond motifs is 1. The molecule has 0 amide bonds. The van der Waals surface area contributed by atoms with E-state index >= 15 is 0 Å². The summed E-state index contributed by atoms with van der Waals surface area (Å²) in [5.41, 5.74) is 4.02. The summed E-state index contributed by atoms with van der Waals surface area (Å²) in [6.45, 7) is 5.50. The molecule has 0 aliphatic carbocycles. The van der Waals surface area contributed by atoms with Gasteiger partial charge in [0, 0.05) is 11.6 Å². The van der Waals surface area contributed by atoms with E-state index in [2.05, 4.69) is 0 Å². The normalized spacial score (nSPS) is 26.1. The van der Waals surface area contributed by atoms with E-state index in [0.29, 0.717) is 6.42 Å². The molecule has 172 valence electrons.